The lowest BCUT2D eigenvalue weighted by atomic mass is 10.0. The average Bonchev–Trinajstić information content (AvgIpc) is 3.30. The molecular formula is C24H20F4N4O2S2. The highest BCUT2D eigenvalue weighted by Gasteiger charge is 2.50. The Balaban J connectivity index is 1.59. The standard InChI is InChI=1S/C24H20F4N4O2S2/c1-13-19(36-12-30-13)20(33)29-11-14-7-8-17(10-18(14)25)32-22(35)31(21(34)23(32,2)3)16-6-4-5-15(9-16)24(26,27)28/h4-10,12H,11H2,1-3H3,(H,29,33). The smallest absolute Gasteiger partial charge is 0.347 e. The fraction of sp³-hybridized carbons (Fsp3) is 0.250. The lowest BCUT2D eigenvalue weighted by molar-refractivity contribution is -0.137. The summed E-state index contributed by atoms with van der Waals surface area (Å²) in [7, 11) is 0. The molecule has 12 heteroatoms. The van der Waals surface area contributed by atoms with Crippen molar-refractivity contribution in [2.24, 2.45) is 0 Å². The summed E-state index contributed by atoms with van der Waals surface area (Å²) in [5.41, 5.74) is 0.331. The Hall–Kier alpha value is -3.38. The number of nitrogens with zero attached hydrogens (tertiary/aromatic N) is 3. The molecule has 3 aromatic rings. The van der Waals surface area contributed by atoms with E-state index in [2.05, 4.69) is 10.3 Å². The van der Waals surface area contributed by atoms with Gasteiger partial charge in [0.25, 0.3) is 11.8 Å². The summed E-state index contributed by atoms with van der Waals surface area (Å²) in [6.07, 6.45) is -4.59. The summed E-state index contributed by atoms with van der Waals surface area (Å²) in [6, 6.07) is 8.48. The third kappa shape index (κ3) is 4.58. The van der Waals surface area contributed by atoms with Crippen LogP contribution in [0.3, 0.4) is 0 Å². The van der Waals surface area contributed by atoms with Gasteiger partial charge < -0.3 is 10.2 Å². The fourth-order valence-corrected chi connectivity index (χ4v) is 5.11. The molecule has 0 spiro atoms. The molecule has 1 N–H and O–H groups in total. The first-order valence-corrected chi connectivity index (χ1v) is 11.9. The predicted molar refractivity (Wildman–Crippen MR) is 133 cm³/mol. The monoisotopic (exact) mass is 536 g/mol. The summed E-state index contributed by atoms with van der Waals surface area (Å²) in [5.74, 6) is -1.57. The Bertz CT molecular complexity index is 1370. The number of thiocarbonyl (C=S) groups is 1. The van der Waals surface area contributed by atoms with Gasteiger partial charge in [0.05, 0.1) is 22.5 Å². The highest BCUT2D eigenvalue weighted by molar-refractivity contribution is 7.81. The van der Waals surface area contributed by atoms with E-state index in [0.29, 0.717) is 10.6 Å². The number of hydrogen-bond acceptors (Lipinski definition) is 5. The van der Waals surface area contributed by atoms with Crippen molar-refractivity contribution in [3.63, 3.8) is 0 Å². The maximum atomic E-state index is 15.0. The zero-order valence-electron chi connectivity index (χ0n) is 19.3. The zero-order chi connectivity index (χ0) is 26.4. The zero-order valence-corrected chi connectivity index (χ0v) is 20.9. The molecule has 188 valence electrons. The molecule has 0 radical (unpaired) electrons. The molecule has 2 aromatic carbocycles. The summed E-state index contributed by atoms with van der Waals surface area (Å²) in [6.45, 7) is 4.73. The molecule has 2 heterocycles. The summed E-state index contributed by atoms with van der Waals surface area (Å²) in [4.78, 5) is 32.4. The van der Waals surface area contributed by atoms with Gasteiger partial charge in [-0.2, -0.15) is 13.2 Å². The van der Waals surface area contributed by atoms with Gasteiger partial charge in [0.1, 0.15) is 16.2 Å². The van der Waals surface area contributed by atoms with Crippen molar-refractivity contribution in [1.29, 1.82) is 0 Å². The van der Waals surface area contributed by atoms with E-state index in [0.717, 1.165) is 17.0 Å². The summed E-state index contributed by atoms with van der Waals surface area (Å²) in [5, 5.41) is 2.57. The van der Waals surface area contributed by atoms with Crippen LogP contribution in [-0.2, 0) is 17.5 Å². The molecule has 0 aliphatic carbocycles. The topological polar surface area (TPSA) is 65.5 Å². The largest absolute Gasteiger partial charge is 0.416 e. The average molecular weight is 537 g/mol. The Morgan fingerprint density at radius 1 is 1.17 bits per heavy atom. The first kappa shape index (κ1) is 25.7. The van der Waals surface area contributed by atoms with Gasteiger partial charge in [-0.05, 0) is 63.3 Å². The minimum Gasteiger partial charge on any atom is -0.347 e. The van der Waals surface area contributed by atoms with Crippen molar-refractivity contribution in [2.75, 3.05) is 9.80 Å². The number of carbonyl (C=O) groups is 2. The van der Waals surface area contributed by atoms with Gasteiger partial charge in [-0.3, -0.25) is 14.5 Å². The van der Waals surface area contributed by atoms with E-state index in [9.17, 15) is 22.8 Å². The SMILES string of the molecule is Cc1ncsc1C(=O)NCc1ccc(N2C(=S)N(c3cccc(C(F)(F)F)c3)C(=O)C2(C)C)cc1F. The third-order valence-electron chi connectivity index (χ3n) is 5.79. The molecule has 6 nitrogen and oxygen atoms in total. The molecule has 36 heavy (non-hydrogen) atoms. The second-order valence-corrected chi connectivity index (χ2v) is 9.81. The highest BCUT2D eigenvalue weighted by atomic mass is 32.1. The van der Waals surface area contributed by atoms with Crippen molar-refractivity contribution in [3.8, 4) is 0 Å². The van der Waals surface area contributed by atoms with Crippen molar-refractivity contribution >= 4 is 51.9 Å². The number of carbonyl (C=O) groups excluding carboxylic acids is 2. The molecule has 0 bridgehead atoms. The van der Waals surface area contributed by atoms with E-state index in [4.69, 9.17) is 12.2 Å². The predicted octanol–water partition coefficient (Wildman–Crippen LogP) is 5.46. The van der Waals surface area contributed by atoms with Gasteiger partial charge in [0, 0.05) is 17.8 Å². The Labute approximate surface area is 213 Å². The Morgan fingerprint density at radius 2 is 1.89 bits per heavy atom. The van der Waals surface area contributed by atoms with Crippen LogP contribution in [0.15, 0.2) is 48.0 Å². The molecular weight excluding hydrogens is 516 g/mol. The molecule has 1 aliphatic rings. The normalized spacial score (nSPS) is 15.5. The molecule has 1 aromatic heterocycles. The molecule has 0 atom stereocenters. The van der Waals surface area contributed by atoms with Crippen LogP contribution in [0.2, 0.25) is 0 Å². The summed E-state index contributed by atoms with van der Waals surface area (Å²) < 4.78 is 54.7. The number of alkyl halides is 3. The van der Waals surface area contributed by atoms with E-state index >= 15 is 4.39 Å². The lowest BCUT2D eigenvalue weighted by Crippen LogP contribution is -2.44. The number of rotatable bonds is 5. The van der Waals surface area contributed by atoms with Gasteiger partial charge in [0.15, 0.2) is 5.11 Å². The van der Waals surface area contributed by atoms with Crippen molar-refractivity contribution in [1.82, 2.24) is 10.3 Å². The second kappa shape index (κ2) is 9.25. The number of anilines is 2. The Kier molecular flexibility index (Phi) is 6.60. The number of thiazole rings is 1. The molecule has 4 rings (SSSR count). The van der Waals surface area contributed by atoms with Crippen molar-refractivity contribution < 1.29 is 27.2 Å². The Morgan fingerprint density at radius 3 is 2.50 bits per heavy atom. The minimum absolute atomic E-state index is 0.0337. The van der Waals surface area contributed by atoms with Crippen LogP contribution < -0.4 is 15.1 Å². The molecule has 1 aliphatic heterocycles. The van der Waals surface area contributed by atoms with E-state index in [1.807, 2.05) is 0 Å². The maximum absolute atomic E-state index is 15.0. The van der Waals surface area contributed by atoms with Gasteiger partial charge in [0.2, 0.25) is 0 Å². The molecule has 0 saturated carbocycles. The highest BCUT2D eigenvalue weighted by Crippen LogP contribution is 2.38. The second-order valence-electron chi connectivity index (χ2n) is 8.59. The molecule has 0 unspecified atom stereocenters. The number of aromatic nitrogens is 1. The quantitative estimate of drug-likeness (QED) is 0.347. The van der Waals surface area contributed by atoms with Crippen molar-refractivity contribution in [2.45, 2.75) is 39.0 Å². The van der Waals surface area contributed by atoms with Crippen LogP contribution in [0.25, 0.3) is 0 Å². The summed E-state index contributed by atoms with van der Waals surface area (Å²) >= 11 is 6.65. The van der Waals surface area contributed by atoms with E-state index in [-0.39, 0.29) is 34.5 Å². The number of nitrogens with one attached hydrogen (secondary N) is 1. The first-order chi connectivity index (χ1) is 16.8. The number of amides is 2. The van der Waals surface area contributed by atoms with Crippen LogP contribution in [0, 0.1) is 12.7 Å². The lowest BCUT2D eigenvalue weighted by Gasteiger charge is -2.29. The van der Waals surface area contributed by atoms with Gasteiger partial charge >= 0.3 is 6.18 Å². The first-order valence-electron chi connectivity index (χ1n) is 10.6. The van der Waals surface area contributed by atoms with E-state index in [1.165, 1.54) is 40.5 Å². The van der Waals surface area contributed by atoms with Crippen LogP contribution >= 0.6 is 23.6 Å². The molecule has 2 amide bonds. The number of aryl methyl sites for hydroxylation is 1. The maximum Gasteiger partial charge on any atom is 0.416 e. The number of hydrogen-bond donors (Lipinski definition) is 1. The van der Waals surface area contributed by atoms with E-state index < -0.39 is 29.0 Å². The van der Waals surface area contributed by atoms with Crippen LogP contribution in [0.1, 0.15) is 40.3 Å². The van der Waals surface area contributed by atoms with Crippen LogP contribution in [0.4, 0.5) is 28.9 Å². The fourth-order valence-electron chi connectivity index (χ4n) is 3.87. The van der Waals surface area contributed by atoms with Crippen LogP contribution in [-0.4, -0.2) is 27.4 Å². The van der Waals surface area contributed by atoms with Crippen molar-refractivity contribution in [3.05, 3.63) is 75.5 Å². The van der Waals surface area contributed by atoms with Gasteiger partial charge in [-0.25, -0.2) is 9.37 Å². The minimum atomic E-state index is -4.59. The number of halogens is 4. The van der Waals surface area contributed by atoms with Gasteiger partial charge in [-0.1, -0.05) is 12.1 Å². The van der Waals surface area contributed by atoms with E-state index in [1.54, 1.807) is 32.3 Å². The number of benzene rings is 2. The molecule has 1 saturated heterocycles. The van der Waals surface area contributed by atoms with Crippen LogP contribution in [0.5, 0.6) is 0 Å². The molecule has 1 fully saturated rings. The van der Waals surface area contributed by atoms with Gasteiger partial charge in [-0.15, -0.1) is 11.3 Å². The third-order valence-corrected chi connectivity index (χ3v) is 7.08.